The third-order valence-corrected chi connectivity index (χ3v) is 2.69. The first kappa shape index (κ1) is 10.7. The zero-order chi connectivity index (χ0) is 9.35. The third-order valence-electron chi connectivity index (χ3n) is 2.16. The van der Waals surface area contributed by atoms with Gasteiger partial charge in [-0.05, 0) is 58.0 Å². The summed E-state index contributed by atoms with van der Waals surface area (Å²) < 4.78 is 6.53. The van der Waals surface area contributed by atoms with E-state index in [-0.39, 0.29) is 5.60 Å². The van der Waals surface area contributed by atoms with Gasteiger partial charge in [0.15, 0.2) is 0 Å². The Balaban J connectivity index is 2.29. The molecule has 0 amide bonds. The van der Waals surface area contributed by atoms with Gasteiger partial charge in [-0.1, -0.05) is 13.0 Å². The maximum Gasteiger partial charge on any atom is 0.0892 e. The van der Waals surface area contributed by atoms with E-state index in [0.717, 1.165) is 9.81 Å². The van der Waals surface area contributed by atoms with Gasteiger partial charge in [-0.3, -0.25) is 0 Å². The highest BCUT2D eigenvalue weighted by Gasteiger charge is 2.47. The molecule has 0 saturated carbocycles. The summed E-state index contributed by atoms with van der Waals surface area (Å²) in [4.78, 5) is 0. The summed E-state index contributed by atoms with van der Waals surface area (Å²) in [5.74, 6) is 0.561. The van der Waals surface area contributed by atoms with Crippen LogP contribution in [-0.4, -0.2) is 11.7 Å². The van der Waals surface area contributed by atoms with Crippen molar-refractivity contribution in [2.45, 2.75) is 38.9 Å². The van der Waals surface area contributed by atoms with Crippen LogP contribution in [-0.2, 0) is 4.74 Å². The van der Waals surface area contributed by atoms with E-state index in [1.165, 1.54) is 0 Å². The SMILES string of the molecule is CC(C=C(Br)Br)CC1OC1(C)C. The Kier molecular flexibility index (Phi) is 3.41. The average Bonchev–Trinajstić information content (AvgIpc) is 2.35. The van der Waals surface area contributed by atoms with Crippen LogP contribution in [0.2, 0.25) is 0 Å². The summed E-state index contributed by atoms with van der Waals surface area (Å²) in [7, 11) is 0. The Morgan fingerprint density at radius 2 is 2.08 bits per heavy atom. The van der Waals surface area contributed by atoms with Crippen molar-refractivity contribution in [3.05, 3.63) is 9.47 Å². The van der Waals surface area contributed by atoms with Gasteiger partial charge in [0.05, 0.1) is 15.1 Å². The predicted octanol–water partition coefficient (Wildman–Crippen LogP) is 3.82. The lowest BCUT2D eigenvalue weighted by atomic mass is 10.00. The molecule has 0 spiro atoms. The fraction of sp³-hybridized carbons (Fsp3) is 0.778. The Morgan fingerprint density at radius 3 is 2.42 bits per heavy atom. The number of hydrogen-bond donors (Lipinski definition) is 0. The number of ether oxygens (including phenoxy) is 1. The minimum atomic E-state index is 0.126. The molecule has 1 rings (SSSR count). The van der Waals surface area contributed by atoms with Crippen molar-refractivity contribution in [1.82, 2.24) is 0 Å². The maximum atomic E-state index is 5.50. The van der Waals surface area contributed by atoms with E-state index in [1.54, 1.807) is 0 Å². The van der Waals surface area contributed by atoms with Crippen LogP contribution in [0, 0.1) is 5.92 Å². The summed E-state index contributed by atoms with van der Waals surface area (Å²) in [6.07, 6.45) is 3.70. The van der Waals surface area contributed by atoms with E-state index in [9.17, 15) is 0 Å². The smallest absolute Gasteiger partial charge is 0.0892 e. The number of hydrogen-bond acceptors (Lipinski definition) is 1. The first-order chi connectivity index (χ1) is 5.42. The van der Waals surface area contributed by atoms with Gasteiger partial charge in [0.1, 0.15) is 0 Å². The van der Waals surface area contributed by atoms with Crippen LogP contribution in [0.15, 0.2) is 9.47 Å². The molecule has 70 valence electrons. The van der Waals surface area contributed by atoms with Gasteiger partial charge in [-0.25, -0.2) is 0 Å². The Morgan fingerprint density at radius 1 is 1.58 bits per heavy atom. The van der Waals surface area contributed by atoms with Crippen LogP contribution in [0.5, 0.6) is 0 Å². The third kappa shape index (κ3) is 3.19. The topological polar surface area (TPSA) is 12.5 Å². The maximum absolute atomic E-state index is 5.50. The standard InChI is InChI=1S/C9H14Br2O/c1-6(5-8(10)11)4-7-9(2,3)12-7/h5-7H,4H2,1-3H3. The van der Waals surface area contributed by atoms with Gasteiger partial charge in [-0.2, -0.15) is 0 Å². The van der Waals surface area contributed by atoms with Gasteiger partial charge in [0, 0.05) is 0 Å². The van der Waals surface area contributed by atoms with E-state index in [1.807, 2.05) is 0 Å². The van der Waals surface area contributed by atoms with Crippen LogP contribution in [0.4, 0.5) is 0 Å². The molecule has 1 nitrogen and oxygen atoms in total. The van der Waals surface area contributed by atoms with E-state index in [2.05, 4.69) is 58.7 Å². The predicted molar refractivity (Wildman–Crippen MR) is 58.7 cm³/mol. The van der Waals surface area contributed by atoms with Crippen molar-refractivity contribution in [3.63, 3.8) is 0 Å². The van der Waals surface area contributed by atoms with Gasteiger partial charge >= 0.3 is 0 Å². The summed E-state index contributed by atoms with van der Waals surface area (Å²) in [5.41, 5.74) is 0.126. The first-order valence-corrected chi connectivity index (χ1v) is 5.71. The van der Waals surface area contributed by atoms with Gasteiger partial charge in [0.2, 0.25) is 0 Å². The van der Waals surface area contributed by atoms with Crippen molar-refractivity contribution in [3.8, 4) is 0 Å². The van der Waals surface area contributed by atoms with Gasteiger partial charge < -0.3 is 4.74 Å². The summed E-state index contributed by atoms with van der Waals surface area (Å²) in [6, 6.07) is 0. The minimum Gasteiger partial charge on any atom is -0.367 e. The molecule has 1 saturated heterocycles. The first-order valence-electron chi connectivity index (χ1n) is 4.12. The largest absolute Gasteiger partial charge is 0.367 e. The Labute approximate surface area is 90.8 Å². The Bertz CT molecular complexity index is 195. The molecule has 0 bridgehead atoms. The lowest BCUT2D eigenvalue weighted by Crippen LogP contribution is -2.06. The molecule has 1 fully saturated rings. The number of rotatable bonds is 3. The zero-order valence-corrected chi connectivity index (χ0v) is 10.8. The van der Waals surface area contributed by atoms with Crippen molar-refractivity contribution in [1.29, 1.82) is 0 Å². The molecule has 0 radical (unpaired) electrons. The second-order valence-electron chi connectivity index (χ2n) is 3.88. The van der Waals surface area contributed by atoms with Crippen LogP contribution < -0.4 is 0 Å². The molecule has 1 aliphatic heterocycles. The van der Waals surface area contributed by atoms with Crippen molar-refractivity contribution in [2.24, 2.45) is 5.92 Å². The normalized spacial score (nSPS) is 27.9. The molecular weight excluding hydrogens is 284 g/mol. The number of epoxide rings is 1. The summed E-state index contributed by atoms with van der Waals surface area (Å²) in [6.45, 7) is 6.47. The second kappa shape index (κ2) is 3.81. The van der Waals surface area contributed by atoms with Crippen LogP contribution in [0.1, 0.15) is 27.2 Å². The molecule has 1 aliphatic rings. The molecule has 0 N–H and O–H groups in total. The molecule has 2 atom stereocenters. The van der Waals surface area contributed by atoms with E-state index in [4.69, 9.17) is 4.74 Å². The highest BCUT2D eigenvalue weighted by molar-refractivity contribution is 9.28. The van der Waals surface area contributed by atoms with E-state index < -0.39 is 0 Å². The van der Waals surface area contributed by atoms with E-state index >= 15 is 0 Å². The quantitative estimate of drug-likeness (QED) is 0.722. The highest BCUT2D eigenvalue weighted by atomic mass is 79.9. The van der Waals surface area contributed by atoms with Gasteiger partial charge in [-0.15, -0.1) is 0 Å². The van der Waals surface area contributed by atoms with E-state index in [0.29, 0.717) is 12.0 Å². The molecule has 12 heavy (non-hydrogen) atoms. The minimum absolute atomic E-state index is 0.126. The van der Waals surface area contributed by atoms with Crippen LogP contribution >= 0.6 is 31.9 Å². The average molecular weight is 298 g/mol. The molecule has 1 heterocycles. The zero-order valence-electron chi connectivity index (χ0n) is 7.60. The highest BCUT2D eigenvalue weighted by Crippen LogP contribution is 2.40. The lowest BCUT2D eigenvalue weighted by Gasteiger charge is -2.03. The second-order valence-corrected chi connectivity index (χ2v) is 6.65. The molecule has 0 aromatic rings. The number of allylic oxidation sites excluding steroid dienone is 1. The molecule has 0 aliphatic carbocycles. The monoisotopic (exact) mass is 296 g/mol. The summed E-state index contributed by atoms with van der Waals surface area (Å²) >= 11 is 6.70. The fourth-order valence-electron chi connectivity index (χ4n) is 1.29. The van der Waals surface area contributed by atoms with Crippen LogP contribution in [0.25, 0.3) is 0 Å². The molecule has 0 aromatic heterocycles. The fourth-order valence-corrected chi connectivity index (χ4v) is 2.19. The molecule has 2 unspecified atom stereocenters. The summed E-state index contributed by atoms with van der Waals surface area (Å²) in [5, 5.41) is 0. The number of halogens is 2. The van der Waals surface area contributed by atoms with Crippen molar-refractivity contribution >= 4 is 31.9 Å². The molecule has 0 aromatic carbocycles. The van der Waals surface area contributed by atoms with Crippen molar-refractivity contribution in [2.75, 3.05) is 0 Å². The lowest BCUT2D eigenvalue weighted by molar-refractivity contribution is 0.315. The Hall–Kier alpha value is 0.660. The molecular formula is C9H14Br2O. The van der Waals surface area contributed by atoms with Gasteiger partial charge in [0.25, 0.3) is 0 Å². The molecule has 3 heteroatoms. The van der Waals surface area contributed by atoms with Crippen LogP contribution in [0.3, 0.4) is 0 Å². The van der Waals surface area contributed by atoms with Crippen molar-refractivity contribution < 1.29 is 4.74 Å².